The van der Waals surface area contributed by atoms with Gasteiger partial charge >= 0.3 is 0 Å². The lowest BCUT2D eigenvalue weighted by atomic mass is 10.1. The molecule has 0 aromatic heterocycles. The van der Waals surface area contributed by atoms with Crippen molar-refractivity contribution in [1.82, 2.24) is 5.32 Å². The second-order valence-electron chi connectivity index (χ2n) is 5.36. The standard InChI is InChI=1S/C19H22BrNO5/c1-23-13-7-5-12(6-8-13)9-10-21-19(22)14-11-15(24-2)17(25-3)18(26-4)16(14)20/h5-8,11H,9-10H2,1-4H3,(H,21,22). The minimum atomic E-state index is -0.232. The Kier molecular flexibility index (Phi) is 7.15. The van der Waals surface area contributed by atoms with Gasteiger partial charge in [-0.15, -0.1) is 0 Å². The normalized spacial score (nSPS) is 10.2. The highest BCUT2D eigenvalue weighted by molar-refractivity contribution is 9.10. The van der Waals surface area contributed by atoms with Crippen molar-refractivity contribution >= 4 is 21.8 Å². The van der Waals surface area contributed by atoms with Gasteiger partial charge in [-0.1, -0.05) is 12.1 Å². The molecule has 140 valence electrons. The van der Waals surface area contributed by atoms with Gasteiger partial charge in [-0.05, 0) is 46.1 Å². The molecule has 0 atom stereocenters. The maximum atomic E-state index is 12.6. The van der Waals surface area contributed by atoms with E-state index in [4.69, 9.17) is 18.9 Å². The average Bonchev–Trinajstić information content (AvgIpc) is 2.67. The molecule has 0 radical (unpaired) electrons. The summed E-state index contributed by atoms with van der Waals surface area (Å²) in [7, 11) is 6.16. The summed E-state index contributed by atoms with van der Waals surface area (Å²) in [5.74, 6) is 1.83. The largest absolute Gasteiger partial charge is 0.497 e. The highest BCUT2D eigenvalue weighted by Gasteiger charge is 2.22. The third kappa shape index (κ3) is 4.40. The van der Waals surface area contributed by atoms with Crippen LogP contribution in [0.5, 0.6) is 23.0 Å². The molecule has 0 unspecified atom stereocenters. The fourth-order valence-electron chi connectivity index (χ4n) is 2.49. The molecule has 1 N–H and O–H groups in total. The molecule has 0 aliphatic carbocycles. The first-order valence-electron chi connectivity index (χ1n) is 7.95. The minimum absolute atomic E-state index is 0.232. The van der Waals surface area contributed by atoms with Crippen molar-refractivity contribution in [2.24, 2.45) is 0 Å². The summed E-state index contributed by atoms with van der Waals surface area (Å²) in [4.78, 5) is 12.6. The molecular formula is C19H22BrNO5. The van der Waals surface area contributed by atoms with Crippen LogP contribution in [0, 0.1) is 0 Å². The Morgan fingerprint density at radius 2 is 1.62 bits per heavy atom. The van der Waals surface area contributed by atoms with Crippen LogP contribution in [0.1, 0.15) is 15.9 Å². The molecule has 0 aliphatic rings. The number of rotatable bonds is 8. The average molecular weight is 424 g/mol. The summed E-state index contributed by atoms with van der Waals surface area (Å²) in [6.45, 7) is 0.494. The number of hydrogen-bond acceptors (Lipinski definition) is 5. The number of hydrogen-bond donors (Lipinski definition) is 1. The second-order valence-corrected chi connectivity index (χ2v) is 6.15. The van der Waals surface area contributed by atoms with Crippen LogP contribution >= 0.6 is 15.9 Å². The Morgan fingerprint density at radius 3 is 2.15 bits per heavy atom. The van der Waals surface area contributed by atoms with Crippen LogP contribution < -0.4 is 24.3 Å². The predicted molar refractivity (Wildman–Crippen MR) is 103 cm³/mol. The molecule has 0 saturated heterocycles. The van der Waals surface area contributed by atoms with Gasteiger partial charge in [-0.25, -0.2) is 0 Å². The first-order chi connectivity index (χ1) is 12.5. The summed E-state index contributed by atoms with van der Waals surface area (Å²) in [5.41, 5.74) is 1.52. The number of halogens is 1. The van der Waals surface area contributed by atoms with Crippen LogP contribution in [0.15, 0.2) is 34.8 Å². The summed E-state index contributed by atoms with van der Waals surface area (Å²) < 4.78 is 21.6. The lowest BCUT2D eigenvalue weighted by molar-refractivity contribution is 0.0952. The van der Waals surface area contributed by atoms with Gasteiger partial charge in [0.2, 0.25) is 5.75 Å². The zero-order valence-corrected chi connectivity index (χ0v) is 16.8. The van der Waals surface area contributed by atoms with E-state index < -0.39 is 0 Å². The quantitative estimate of drug-likeness (QED) is 0.703. The van der Waals surface area contributed by atoms with Gasteiger partial charge in [0.15, 0.2) is 11.5 Å². The minimum Gasteiger partial charge on any atom is -0.497 e. The van der Waals surface area contributed by atoms with E-state index in [0.29, 0.717) is 40.3 Å². The predicted octanol–water partition coefficient (Wildman–Crippen LogP) is 3.46. The van der Waals surface area contributed by atoms with Gasteiger partial charge in [0.05, 0.1) is 38.5 Å². The Balaban J connectivity index is 2.11. The number of methoxy groups -OCH3 is 4. The first kappa shape index (κ1) is 19.9. The maximum Gasteiger partial charge on any atom is 0.252 e. The Hall–Kier alpha value is -2.41. The van der Waals surface area contributed by atoms with Gasteiger partial charge in [0.25, 0.3) is 5.91 Å². The lowest BCUT2D eigenvalue weighted by Crippen LogP contribution is -2.26. The molecule has 1 amide bonds. The first-order valence-corrected chi connectivity index (χ1v) is 8.74. The van der Waals surface area contributed by atoms with E-state index in [1.54, 1.807) is 13.2 Å². The van der Waals surface area contributed by atoms with Gasteiger partial charge in [-0.2, -0.15) is 0 Å². The van der Waals surface area contributed by atoms with E-state index in [2.05, 4.69) is 21.2 Å². The molecule has 0 heterocycles. The number of carbonyl (C=O) groups is 1. The van der Waals surface area contributed by atoms with Gasteiger partial charge in [-0.3, -0.25) is 4.79 Å². The van der Waals surface area contributed by atoms with Crippen LogP contribution in [-0.2, 0) is 6.42 Å². The maximum absolute atomic E-state index is 12.6. The number of benzene rings is 2. The number of nitrogens with one attached hydrogen (secondary N) is 1. The molecule has 2 aromatic carbocycles. The van der Waals surface area contributed by atoms with E-state index in [-0.39, 0.29) is 5.91 Å². The third-order valence-electron chi connectivity index (χ3n) is 3.87. The van der Waals surface area contributed by atoms with Gasteiger partial charge in [0.1, 0.15) is 5.75 Å². The van der Waals surface area contributed by atoms with Crippen molar-refractivity contribution in [1.29, 1.82) is 0 Å². The molecule has 7 heteroatoms. The molecular weight excluding hydrogens is 402 g/mol. The van der Waals surface area contributed by atoms with Gasteiger partial charge in [0, 0.05) is 6.54 Å². The molecule has 0 saturated carbocycles. The summed E-state index contributed by atoms with van der Waals surface area (Å²) >= 11 is 3.41. The summed E-state index contributed by atoms with van der Waals surface area (Å²) in [6, 6.07) is 9.36. The van der Waals surface area contributed by atoms with Crippen LogP contribution in [-0.4, -0.2) is 40.9 Å². The monoisotopic (exact) mass is 423 g/mol. The van der Waals surface area contributed by atoms with Crippen molar-refractivity contribution in [3.05, 3.63) is 45.9 Å². The molecule has 2 aromatic rings. The third-order valence-corrected chi connectivity index (χ3v) is 4.66. The Bertz CT molecular complexity index is 762. The van der Waals surface area contributed by atoms with E-state index >= 15 is 0 Å². The highest BCUT2D eigenvalue weighted by atomic mass is 79.9. The molecule has 0 aliphatic heterocycles. The zero-order valence-electron chi connectivity index (χ0n) is 15.2. The fraction of sp³-hybridized carbons (Fsp3) is 0.316. The van der Waals surface area contributed by atoms with Crippen molar-refractivity contribution in [2.45, 2.75) is 6.42 Å². The van der Waals surface area contributed by atoms with Crippen molar-refractivity contribution in [2.75, 3.05) is 35.0 Å². The molecule has 26 heavy (non-hydrogen) atoms. The van der Waals surface area contributed by atoms with Crippen LogP contribution in [0.25, 0.3) is 0 Å². The van der Waals surface area contributed by atoms with Gasteiger partial charge < -0.3 is 24.3 Å². The van der Waals surface area contributed by atoms with E-state index in [0.717, 1.165) is 11.3 Å². The number of amides is 1. The van der Waals surface area contributed by atoms with Crippen molar-refractivity contribution < 1.29 is 23.7 Å². The SMILES string of the molecule is COc1ccc(CCNC(=O)c2cc(OC)c(OC)c(OC)c2Br)cc1. The fourth-order valence-corrected chi connectivity index (χ4v) is 3.13. The Labute approximate surface area is 161 Å². The van der Waals surface area contributed by atoms with E-state index in [1.807, 2.05) is 24.3 Å². The topological polar surface area (TPSA) is 66.0 Å². The van der Waals surface area contributed by atoms with E-state index in [9.17, 15) is 4.79 Å². The number of carbonyl (C=O) groups excluding carboxylic acids is 1. The lowest BCUT2D eigenvalue weighted by Gasteiger charge is -2.16. The van der Waals surface area contributed by atoms with Crippen LogP contribution in [0.3, 0.4) is 0 Å². The van der Waals surface area contributed by atoms with Crippen LogP contribution in [0.2, 0.25) is 0 Å². The summed E-state index contributed by atoms with van der Waals surface area (Å²) in [6.07, 6.45) is 0.706. The summed E-state index contributed by atoms with van der Waals surface area (Å²) in [5, 5.41) is 2.90. The van der Waals surface area contributed by atoms with Crippen molar-refractivity contribution in [3.8, 4) is 23.0 Å². The highest BCUT2D eigenvalue weighted by Crippen LogP contribution is 2.44. The molecule has 0 fully saturated rings. The molecule has 6 nitrogen and oxygen atoms in total. The number of ether oxygens (including phenoxy) is 4. The zero-order chi connectivity index (χ0) is 19.1. The van der Waals surface area contributed by atoms with E-state index in [1.165, 1.54) is 21.3 Å². The molecule has 0 bridgehead atoms. The Morgan fingerprint density at radius 1 is 0.962 bits per heavy atom. The molecule has 0 spiro atoms. The second kappa shape index (κ2) is 9.33. The van der Waals surface area contributed by atoms with Crippen molar-refractivity contribution in [3.63, 3.8) is 0 Å². The molecule has 2 rings (SSSR count). The van der Waals surface area contributed by atoms with Crippen LogP contribution in [0.4, 0.5) is 0 Å². The smallest absolute Gasteiger partial charge is 0.252 e.